The second-order valence-corrected chi connectivity index (χ2v) is 5.86. The molecule has 0 radical (unpaired) electrons. The monoisotopic (exact) mass is 382 g/mol. The van der Waals surface area contributed by atoms with Gasteiger partial charge in [0.25, 0.3) is 0 Å². The summed E-state index contributed by atoms with van der Waals surface area (Å²) in [4.78, 5) is 12.1. The van der Waals surface area contributed by atoms with Crippen molar-refractivity contribution >= 4 is 11.7 Å². The van der Waals surface area contributed by atoms with Crippen molar-refractivity contribution in [1.29, 1.82) is 0 Å². The minimum atomic E-state index is -4.76. The van der Waals surface area contributed by atoms with Gasteiger partial charge in [-0.05, 0) is 54.4 Å². The van der Waals surface area contributed by atoms with E-state index >= 15 is 0 Å². The highest BCUT2D eigenvalue weighted by molar-refractivity contribution is 5.89. The number of halogens is 3. The zero-order valence-corrected chi connectivity index (χ0v) is 14.3. The van der Waals surface area contributed by atoms with Crippen molar-refractivity contribution in [2.45, 2.75) is 18.8 Å². The Morgan fingerprint density at radius 3 is 2.52 bits per heavy atom. The second-order valence-electron chi connectivity index (χ2n) is 5.86. The summed E-state index contributed by atoms with van der Waals surface area (Å²) in [6, 6.07) is 9.60. The Morgan fingerprint density at radius 1 is 1.15 bits per heavy atom. The fourth-order valence-corrected chi connectivity index (χ4v) is 2.68. The number of benzene rings is 2. The van der Waals surface area contributed by atoms with Crippen LogP contribution in [0.4, 0.5) is 23.7 Å². The van der Waals surface area contributed by atoms with Gasteiger partial charge in [-0.2, -0.15) is 0 Å². The lowest BCUT2D eigenvalue weighted by Gasteiger charge is -2.26. The maximum Gasteiger partial charge on any atom is 0.573 e. The summed E-state index contributed by atoms with van der Waals surface area (Å²) < 4.78 is 51.0. The number of urea groups is 1. The molecule has 0 fully saturated rings. The molecule has 9 heteroatoms. The van der Waals surface area contributed by atoms with Gasteiger partial charge in [-0.25, -0.2) is 4.79 Å². The number of carbonyl (C=O) groups excluding carboxylic acids is 1. The number of hydrogen-bond acceptors (Lipinski definition) is 4. The van der Waals surface area contributed by atoms with Gasteiger partial charge in [0.05, 0.1) is 13.2 Å². The highest BCUT2D eigenvalue weighted by Crippen LogP contribution is 2.28. The molecule has 144 valence electrons. The van der Waals surface area contributed by atoms with Crippen molar-refractivity contribution < 1.29 is 32.2 Å². The molecular formula is C18H17F3N2O4. The van der Waals surface area contributed by atoms with Gasteiger partial charge in [0.1, 0.15) is 23.9 Å². The van der Waals surface area contributed by atoms with E-state index in [4.69, 9.17) is 9.47 Å². The average molecular weight is 382 g/mol. The predicted molar refractivity (Wildman–Crippen MR) is 91.3 cm³/mol. The van der Waals surface area contributed by atoms with Crippen LogP contribution in [-0.2, 0) is 6.42 Å². The summed E-state index contributed by atoms with van der Waals surface area (Å²) >= 11 is 0. The largest absolute Gasteiger partial charge is 0.573 e. The van der Waals surface area contributed by atoms with E-state index in [2.05, 4.69) is 15.4 Å². The van der Waals surface area contributed by atoms with Crippen LogP contribution in [0.2, 0.25) is 0 Å². The van der Waals surface area contributed by atoms with Gasteiger partial charge >= 0.3 is 12.4 Å². The fourth-order valence-electron chi connectivity index (χ4n) is 2.68. The molecular weight excluding hydrogens is 365 g/mol. The SMILES string of the molecule is COc1ccc2c(c1)CC(NC(=O)Nc1ccc(OC(F)(F)F)cc1)CO2. The van der Waals surface area contributed by atoms with Crippen molar-refractivity contribution in [3.63, 3.8) is 0 Å². The highest BCUT2D eigenvalue weighted by Gasteiger charge is 2.31. The van der Waals surface area contributed by atoms with Crippen molar-refractivity contribution in [2.75, 3.05) is 19.0 Å². The molecule has 27 heavy (non-hydrogen) atoms. The molecule has 0 aliphatic carbocycles. The molecule has 2 N–H and O–H groups in total. The topological polar surface area (TPSA) is 68.8 Å². The molecule has 2 aromatic carbocycles. The molecule has 1 aliphatic rings. The molecule has 0 saturated heterocycles. The standard InChI is InChI=1S/C18H17F3N2O4/c1-25-15-6-7-16-11(9-15)8-13(10-26-16)23-17(24)22-12-2-4-14(5-3-12)27-18(19,20)21/h2-7,9,13H,8,10H2,1H3,(H2,22,23,24). The minimum absolute atomic E-state index is 0.252. The molecule has 6 nitrogen and oxygen atoms in total. The molecule has 2 amide bonds. The Bertz CT molecular complexity index is 809. The summed E-state index contributed by atoms with van der Waals surface area (Å²) in [6.07, 6.45) is -4.19. The third-order valence-corrected chi connectivity index (χ3v) is 3.85. The number of nitrogens with one attached hydrogen (secondary N) is 2. The van der Waals surface area contributed by atoms with Crippen LogP contribution in [0.3, 0.4) is 0 Å². The molecule has 0 saturated carbocycles. The number of amides is 2. The van der Waals surface area contributed by atoms with Gasteiger partial charge < -0.3 is 24.8 Å². The molecule has 2 aromatic rings. The van der Waals surface area contributed by atoms with Gasteiger partial charge in [-0.1, -0.05) is 0 Å². The van der Waals surface area contributed by atoms with E-state index in [1.165, 1.54) is 12.1 Å². The molecule has 0 spiro atoms. The first-order valence-electron chi connectivity index (χ1n) is 8.05. The minimum Gasteiger partial charge on any atom is -0.497 e. The zero-order valence-electron chi connectivity index (χ0n) is 14.3. The predicted octanol–water partition coefficient (Wildman–Crippen LogP) is 3.72. The second kappa shape index (κ2) is 7.65. The molecule has 3 rings (SSSR count). The number of ether oxygens (including phenoxy) is 3. The van der Waals surface area contributed by atoms with Crippen molar-refractivity contribution in [2.24, 2.45) is 0 Å². The van der Waals surface area contributed by atoms with Crippen molar-refractivity contribution in [1.82, 2.24) is 5.32 Å². The number of alkyl halides is 3. The number of rotatable bonds is 4. The third kappa shape index (κ3) is 5.19. The van der Waals surface area contributed by atoms with Crippen molar-refractivity contribution in [3.8, 4) is 17.2 Å². The van der Waals surface area contributed by atoms with Gasteiger partial charge in [0.2, 0.25) is 0 Å². The molecule has 1 aliphatic heterocycles. The molecule has 1 unspecified atom stereocenters. The van der Waals surface area contributed by atoms with E-state index in [0.29, 0.717) is 24.5 Å². The Hall–Kier alpha value is -3.10. The third-order valence-electron chi connectivity index (χ3n) is 3.85. The van der Waals surface area contributed by atoms with E-state index in [0.717, 1.165) is 23.4 Å². The fraction of sp³-hybridized carbons (Fsp3) is 0.278. The molecule has 0 aromatic heterocycles. The van der Waals surface area contributed by atoms with Crippen LogP contribution in [0.25, 0.3) is 0 Å². The lowest BCUT2D eigenvalue weighted by Crippen LogP contribution is -2.44. The number of fused-ring (bicyclic) bond motifs is 1. The van der Waals surface area contributed by atoms with Crippen molar-refractivity contribution in [3.05, 3.63) is 48.0 Å². The highest BCUT2D eigenvalue weighted by atomic mass is 19.4. The number of anilines is 1. The first kappa shape index (κ1) is 18.7. The number of hydrogen-bond donors (Lipinski definition) is 2. The smallest absolute Gasteiger partial charge is 0.497 e. The van der Waals surface area contributed by atoms with Gasteiger partial charge in [-0.3, -0.25) is 0 Å². The van der Waals surface area contributed by atoms with Gasteiger partial charge in [-0.15, -0.1) is 13.2 Å². The Morgan fingerprint density at radius 2 is 1.85 bits per heavy atom. The van der Waals surface area contributed by atoms with E-state index in [1.54, 1.807) is 13.2 Å². The van der Waals surface area contributed by atoms with Crippen LogP contribution in [0.5, 0.6) is 17.2 Å². The average Bonchev–Trinajstić information content (AvgIpc) is 2.61. The first-order valence-corrected chi connectivity index (χ1v) is 8.05. The Balaban J connectivity index is 1.55. The summed E-state index contributed by atoms with van der Waals surface area (Å²) in [6.45, 7) is 0.311. The van der Waals surface area contributed by atoms with Crippen LogP contribution in [-0.4, -0.2) is 32.2 Å². The van der Waals surface area contributed by atoms with Crippen LogP contribution in [0.1, 0.15) is 5.56 Å². The molecule has 1 atom stereocenters. The van der Waals surface area contributed by atoms with E-state index < -0.39 is 12.4 Å². The van der Waals surface area contributed by atoms with Gasteiger partial charge in [0.15, 0.2) is 0 Å². The van der Waals surface area contributed by atoms with Crippen LogP contribution >= 0.6 is 0 Å². The summed E-state index contributed by atoms with van der Waals surface area (Å²) in [5.41, 5.74) is 1.25. The van der Waals surface area contributed by atoms with E-state index in [1.807, 2.05) is 12.1 Å². The lowest BCUT2D eigenvalue weighted by molar-refractivity contribution is -0.274. The van der Waals surface area contributed by atoms with Gasteiger partial charge in [0, 0.05) is 5.69 Å². The number of carbonyl (C=O) groups is 1. The van der Waals surface area contributed by atoms with E-state index in [-0.39, 0.29) is 11.8 Å². The zero-order chi connectivity index (χ0) is 19.4. The molecule has 1 heterocycles. The number of methoxy groups -OCH3 is 1. The maximum absolute atomic E-state index is 12.1. The Labute approximate surface area is 153 Å². The summed E-state index contributed by atoms with van der Waals surface area (Å²) in [5.74, 6) is 1.08. The Kier molecular flexibility index (Phi) is 5.29. The quantitative estimate of drug-likeness (QED) is 0.846. The first-order chi connectivity index (χ1) is 12.8. The van der Waals surface area contributed by atoms with Crippen LogP contribution in [0.15, 0.2) is 42.5 Å². The van der Waals surface area contributed by atoms with E-state index in [9.17, 15) is 18.0 Å². The normalized spacial score (nSPS) is 15.9. The lowest BCUT2D eigenvalue weighted by atomic mass is 10.0. The molecule has 0 bridgehead atoms. The van der Waals surface area contributed by atoms with Crippen LogP contribution < -0.4 is 24.8 Å². The summed E-state index contributed by atoms with van der Waals surface area (Å²) in [5, 5.41) is 5.33. The summed E-state index contributed by atoms with van der Waals surface area (Å²) in [7, 11) is 1.57. The van der Waals surface area contributed by atoms with Crippen LogP contribution in [0, 0.1) is 0 Å². The maximum atomic E-state index is 12.1.